The summed E-state index contributed by atoms with van der Waals surface area (Å²) in [6, 6.07) is 0. The second kappa shape index (κ2) is 6.21. The van der Waals surface area contributed by atoms with Gasteiger partial charge in [-0.25, -0.2) is 0 Å². The average Bonchev–Trinajstić information content (AvgIpc) is 2.78. The molecule has 5 atom stereocenters. The van der Waals surface area contributed by atoms with E-state index < -0.39 is 41.6 Å². The molecule has 2 aliphatic heterocycles. The van der Waals surface area contributed by atoms with E-state index in [-0.39, 0.29) is 11.7 Å². The van der Waals surface area contributed by atoms with Crippen LogP contribution in [0.3, 0.4) is 0 Å². The number of aliphatic hydroxyl groups is 1. The molecule has 2 rings (SSSR count). The number of aliphatic hydroxyl groups excluding tert-OH is 1. The van der Waals surface area contributed by atoms with E-state index in [0.29, 0.717) is 0 Å². The zero-order valence-corrected chi connectivity index (χ0v) is 13.2. The van der Waals surface area contributed by atoms with Gasteiger partial charge in [0.1, 0.15) is 24.9 Å². The third-order valence-electron chi connectivity index (χ3n) is 3.19. The number of esters is 1. The molecular weight excluding hydrogens is 300 g/mol. The number of rotatable bonds is 4. The van der Waals surface area contributed by atoms with Crippen molar-refractivity contribution in [1.29, 1.82) is 0 Å². The molecule has 2 aliphatic rings. The van der Waals surface area contributed by atoms with Crippen LogP contribution in [0.25, 0.3) is 0 Å². The number of hydrogen-bond acceptors (Lipinski definition) is 8. The van der Waals surface area contributed by atoms with E-state index in [1.54, 1.807) is 13.8 Å². The lowest BCUT2D eigenvalue weighted by molar-refractivity contribution is -0.215. The molecule has 0 aromatic carbocycles. The predicted octanol–water partition coefficient (Wildman–Crippen LogP) is 0.435. The van der Waals surface area contributed by atoms with Crippen molar-refractivity contribution in [2.75, 3.05) is 6.61 Å². The lowest BCUT2D eigenvalue weighted by Gasteiger charge is -2.27. The Morgan fingerprint density at radius 2 is 2.00 bits per heavy atom. The summed E-state index contributed by atoms with van der Waals surface area (Å²) in [5.74, 6) is -1.27. The van der Waals surface area contributed by atoms with Crippen LogP contribution in [0, 0.1) is 0 Å². The van der Waals surface area contributed by atoms with Gasteiger partial charge in [-0.15, -0.1) is 0 Å². The Bertz CT molecular complexity index is 425. The molecule has 0 spiro atoms. The van der Waals surface area contributed by atoms with E-state index in [2.05, 4.69) is 0 Å². The van der Waals surface area contributed by atoms with Gasteiger partial charge in [0.15, 0.2) is 17.2 Å². The summed E-state index contributed by atoms with van der Waals surface area (Å²) in [5.41, 5.74) is 0. The molecular formula is C13H20O7S. The Morgan fingerprint density at radius 3 is 2.52 bits per heavy atom. The highest BCUT2D eigenvalue weighted by Gasteiger charge is 2.56. The molecule has 7 nitrogen and oxygen atoms in total. The van der Waals surface area contributed by atoms with Gasteiger partial charge in [0.2, 0.25) is 0 Å². The topological polar surface area (TPSA) is 91.3 Å². The molecule has 0 bridgehead atoms. The monoisotopic (exact) mass is 320 g/mol. The van der Waals surface area contributed by atoms with Gasteiger partial charge >= 0.3 is 5.97 Å². The minimum absolute atomic E-state index is 0.0237. The summed E-state index contributed by atoms with van der Waals surface area (Å²) in [6.07, 6.45) is -2.96. The summed E-state index contributed by atoms with van der Waals surface area (Å²) in [7, 11) is 0. The molecule has 2 fully saturated rings. The Hall–Kier alpha value is -0.670. The third kappa shape index (κ3) is 3.95. The van der Waals surface area contributed by atoms with Crippen molar-refractivity contribution in [3.63, 3.8) is 0 Å². The van der Waals surface area contributed by atoms with Crippen LogP contribution in [0.5, 0.6) is 0 Å². The second-order valence-corrected chi connectivity index (χ2v) is 6.93. The van der Waals surface area contributed by atoms with Gasteiger partial charge in [-0.3, -0.25) is 9.59 Å². The molecule has 0 aliphatic carbocycles. The molecule has 0 aromatic rings. The molecule has 0 radical (unpaired) electrons. The van der Waals surface area contributed by atoms with Crippen LogP contribution in [-0.4, -0.2) is 58.4 Å². The molecule has 1 N–H and O–H groups in total. The van der Waals surface area contributed by atoms with Gasteiger partial charge in [-0.05, 0) is 13.8 Å². The van der Waals surface area contributed by atoms with Gasteiger partial charge in [0.05, 0.1) is 5.25 Å². The van der Waals surface area contributed by atoms with Gasteiger partial charge in [0.25, 0.3) is 0 Å². The molecule has 2 heterocycles. The van der Waals surface area contributed by atoms with Crippen molar-refractivity contribution in [2.45, 2.75) is 63.3 Å². The molecule has 8 heteroatoms. The quantitative estimate of drug-likeness (QED) is 0.746. The fourth-order valence-corrected chi connectivity index (χ4v) is 3.35. The van der Waals surface area contributed by atoms with Crippen molar-refractivity contribution >= 4 is 22.8 Å². The van der Waals surface area contributed by atoms with Crippen molar-refractivity contribution in [3.05, 3.63) is 0 Å². The molecule has 120 valence electrons. The first-order valence-corrected chi connectivity index (χ1v) is 7.57. The Labute approximate surface area is 127 Å². The van der Waals surface area contributed by atoms with Crippen molar-refractivity contribution in [1.82, 2.24) is 0 Å². The maximum absolute atomic E-state index is 11.3. The van der Waals surface area contributed by atoms with E-state index in [1.807, 2.05) is 0 Å². The van der Waals surface area contributed by atoms with Crippen molar-refractivity contribution in [3.8, 4) is 0 Å². The molecule has 2 saturated heterocycles. The minimum Gasteiger partial charge on any atom is -0.465 e. The SMILES string of the molecule is CC(=O)OC[C@@H](SC(C)=O)[C@H]1O[C@@H]2OC(C)(C)O[C@@H]2[C@H]1O. The molecule has 0 aromatic heterocycles. The molecule has 0 saturated carbocycles. The highest BCUT2D eigenvalue weighted by atomic mass is 32.2. The predicted molar refractivity (Wildman–Crippen MR) is 73.4 cm³/mol. The van der Waals surface area contributed by atoms with E-state index in [1.165, 1.54) is 13.8 Å². The fourth-order valence-electron chi connectivity index (χ4n) is 2.43. The zero-order valence-electron chi connectivity index (χ0n) is 12.4. The van der Waals surface area contributed by atoms with Crippen LogP contribution in [-0.2, 0) is 28.5 Å². The highest BCUT2D eigenvalue weighted by Crippen LogP contribution is 2.40. The first-order chi connectivity index (χ1) is 9.69. The smallest absolute Gasteiger partial charge is 0.302 e. The van der Waals surface area contributed by atoms with Crippen LogP contribution in [0.15, 0.2) is 0 Å². The van der Waals surface area contributed by atoms with Crippen LogP contribution in [0.4, 0.5) is 0 Å². The summed E-state index contributed by atoms with van der Waals surface area (Å²) in [5, 5.41) is 9.68. The number of ether oxygens (including phenoxy) is 4. The van der Waals surface area contributed by atoms with Crippen LogP contribution < -0.4 is 0 Å². The number of carbonyl (C=O) groups excluding carboxylic acids is 2. The van der Waals surface area contributed by atoms with E-state index in [0.717, 1.165) is 11.8 Å². The molecule has 21 heavy (non-hydrogen) atoms. The first kappa shape index (κ1) is 16.7. The van der Waals surface area contributed by atoms with Crippen molar-refractivity contribution < 1.29 is 33.6 Å². The normalized spacial score (nSPS) is 35.3. The number of carbonyl (C=O) groups is 2. The fraction of sp³-hybridized carbons (Fsp3) is 0.846. The summed E-state index contributed by atoms with van der Waals surface area (Å²) >= 11 is 0.969. The number of thioether (sulfide) groups is 1. The standard InChI is InChI=1S/C13H20O7S/c1-6(14)17-5-8(21-7(2)15)10-9(16)11-12(18-10)20-13(3,4)19-11/h8-12,16H,5H2,1-4H3/t8-,9+,10-,11-,12-/m1/s1. The minimum atomic E-state index is -0.954. The second-order valence-electron chi connectivity index (χ2n) is 5.51. The number of fused-ring (bicyclic) bond motifs is 1. The van der Waals surface area contributed by atoms with Crippen molar-refractivity contribution in [2.24, 2.45) is 0 Å². The molecule has 0 amide bonds. The Balaban J connectivity index is 2.04. The number of hydrogen-bond donors (Lipinski definition) is 1. The maximum atomic E-state index is 11.3. The largest absolute Gasteiger partial charge is 0.465 e. The third-order valence-corrected chi connectivity index (χ3v) is 4.23. The summed E-state index contributed by atoms with van der Waals surface area (Å²) in [6.45, 7) is 6.13. The Kier molecular flexibility index (Phi) is 4.94. The highest BCUT2D eigenvalue weighted by molar-refractivity contribution is 8.14. The van der Waals surface area contributed by atoms with E-state index in [9.17, 15) is 14.7 Å². The van der Waals surface area contributed by atoms with Gasteiger partial charge < -0.3 is 24.1 Å². The van der Waals surface area contributed by atoms with Crippen LogP contribution in [0.2, 0.25) is 0 Å². The Morgan fingerprint density at radius 1 is 1.33 bits per heavy atom. The average molecular weight is 320 g/mol. The van der Waals surface area contributed by atoms with Gasteiger partial charge in [-0.1, -0.05) is 11.8 Å². The van der Waals surface area contributed by atoms with E-state index >= 15 is 0 Å². The van der Waals surface area contributed by atoms with Gasteiger partial charge in [0, 0.05) is 13.8 Å². The zero-order chi connectivity index (χ0) is 15.8. The van der Waals surface area contributed by atoms with Crippen LogP contribution >= 0.6 is 11.8 Å². The summed E-state index contributed by atoms with van der Waals surface area (Å²) < 4.78 is 21.8. The van der Waals surface area contributed by atoms with Gasteiger partial charge in [-0.2, -0.15) is 0 Å². The first-order valence-electron chi connectivity index (χ1n) is 6.69. The lowest BCUT2D eigenvalue weighted by Crippen LogP contribution is -2.42. The van der Waals surface area contributed by atoms with E-state index in [4.69, 9.17) is 18.9 Å². The van der Waals surface area contributed by atoms with Crippen LogP contribution in [0.1, 0.15) is 27.7 Å². The lowest BCUT2D eigenvalue weighted by atomic mass is 10.1. The molecule has 0 unspecified atom stereocenters. The maximum Gasteiger partial charge on any atom is 0.302 e. The summed E-state index contributed by atoms with van der Waals surface area (Å²) in [4.78, 5) is 22.3.